The Morgan fingerprint density at radius 3 is 2.26 bits per heavy atom. The molecule has 31 heavy (non-hydrogen) atoms. The van der Waals surface area contributed by atoms with Gasteiger partial charge in [0.05, 0.1) is 17.9 Å². The van der Waals surface area contributed by atoms with Gasteiger partial charge in [-0.2, -0.15) is 0 Å². The Labute approximate surface area is 185 Å². The number of rotatable bonds is 6. The maximum Gasteiger partial charge on any atom is 0.342 e. The van der Waals surface area contributed by atoms with Gasteiger partial charge in [0.15, 0.2) is 0 Å². The fourth-order valence-corrected chi connectivity index (χ4v) is 4.75. The minimum Gasteiger partial charge on any atom is -0.481 e. The number of nitrogens with one attached hydrogen (secondary N) is 1. The van der Waals surface area contributed by atoms with Crippen LogP contribution in [0, 0.1) is 11.8 Å². The molecule has 7 heteroatoms. The lowest BCUT2D eigenvalue weighted by Crippen LogP contribution is -2.36. The van der Waals surface area contributed by atoms with Gasteiger partial charge in [-0.25, -0.2) is 4.79 Å². The molecule has 0 aliphatic heterocycles. The van der Waals surface area contributed by atoms with E-state index in [-0.39, 0.29) is 12.0 Å². The molecule has 0 spiro atoms. The second-order valence-electron chi connectivity index (χ2n) is 8.18. The average Bonchev–Trinajstić information content (AvgIpc) is 3.13. The fourth-order valence-electron chi connectivity index (χ4n) is 3.79. The zero-order valence-electron chi connectivity index (χ0n) is 18.1. The summed E-state index contributed by atoms with van der Waals surface area (Å²) in [7, 11) is 0. The summed E-state index contributed by atoms with van der Waals surface area (Å²) in [6.07, 6.45) is 0.420. The predicted molar refractivity (Wildman–Crippen MR) is 121 cm³/mol. The summed E-state index contributed by atoms with van der Waals surface area (Å²) in [5, 5.41) is 14.7. The smallest absolute Gasteiger partial charge is 0.342 e. The van der Waals surface area contributed by atoms with Crippen molar-refractivity contribution in [1.82, 2.24) is 0 Å². The number of allylic oxidation sites excluding steroid dienone is 2. The SMILES string of the molecule is CC1=C(C)C[C@H](C(=O)Nc2scc(-c3ccccc3)c2C(=O)OC(C)C)[C@@H](C(=O)O)C1. The molecule has 0 saturated heterocycles. The molecule has 1 amide bonds. The van der Waals surface area contributed by atoms with E-state index in [4.69, 9.17) is 4.74 Å². The Hall–Kier alpha value is -2.93. The highest BCUT2D eigenvalue weighted by molar-refractivity contribution is 7.15. The first-order chi connectivity index (χ1) is 14.7. The van der Waals surface area contributed by atoms with Crippen LogP contribution in [0.2, 0.25) is 0 Å². The van der Waals surface area contributed by atoms with Crippen LogP contribution in [0.5, 0.6) is 0 Å². The number of carbonyl (C=O) groups is 3. The van der Waals surface area contributed by atoms with E-state index in [2.05, 4.69) is 5.32 Å². The maximum absolute atomic E-state index is 13.1. The third-order valence-electron chi connectivity index (χ3n) is 5.58. The molecule has 1 heterocycles. The molecule has 164 valence electrons. The lowest BCUT2D eigenvalue weighted by atomic mass is 9.76. The van der Waals surface area contributed by atoms with Crippen molar-refractivity contribution in [2.45, 2.75) is 46.6 Å². The van der Waals surface area contributed by atoms with Gasteiger partial charge in [0, 0.05) is 10.9 Å². The second kappa shape index (κ2) is 9.47. The number of anilines is 1. The van der Waals surface area contributed by atoms with Gasteiger partial charge in [0.25, 0.3) is 0 Å². The highest BCUT2D eigenvalue weighted by atomic mass is 32.1. The van der Waals surface area contributed by atoms with Crippen LogP contribution in [-0.4, -0.2) is 29.1 Å². The van der Waals surface area contributed by atoms with Gasteiger partial charge < -0.3 is 15.2 Å². The monoisotopic (exact) mass is 441 g/mol. The standard InChI is InChI=1S/C24H27NO5S/c1-13(2)30-24(29)20-19(16-8-6-5-7-9-16)12-31-22(20)25-21(26)17-10-14(3)15(4)11-18(17)23(27)28/h5-9,12-13,17-18H,10-11H2,1-4H3,(H,25,26)(H,27,28)/t17-,18-/m0/s1. The zero-order valence-corrected chi connectivity index (χ0v) is 18.9. The first kappa shape index (κ1) is 22.7. The Morgan fingerprint density at radius 1 is 1.06 bits per heavy atom. The van der Waals surface area contributed by atoms with Crippen molar-refractivity contribution in [3.63, 3.8) is 0 Å². The Balaban J connectivity index is 1.95. The van der Waals surface area contributed by atoms with Gasteiger partial charge in [-0.15, -0.1) is 11.3 Å². The van der Waals surface area contributed by atoms with E-state index in [0.29, 0.717) is 29.0 Å². The summed E-state index contributed by atoms with van der Waals surface area (Å²) in [6.45, 7) is 7.37. The summed E-state index contributed by atoms with van der Waals surface area (Å²) in [5.74, 6) is -3.38. The lowest BCUT2D eigenvalue weighted by Gasteiger charge is -2.29. The first-order valence-electron chi connectivity index (χ1n) is 10.3. The quantitative estimate of drug-likeness (QED) is 0.465. The van der Waals surface area contributed by atoms with Crippen LogP contribution in [-0.2, 0) is 14.3 Å². The number of ether oxygens (including phenoxy) is 1. The molecule has 2 atom stereocenters. The highest BCUT2D eigenvalue weighted by Crippen LogP contribution is 2.39. The largest absolute Gasteiger partial charge is 0.481 e. The number of benzene rings is 1. The Kier molecular flexibility index (Phi) is 6.95. The van der Waals surface area contributed by atoms with Gasteiger partial charge in [0.1, 0.15) is 10.6 Å². The van der Waals surface area contributed by atoms with Gasteiger partial charge in [-0.1, -0.05) is 41.5 Å². The molecule has 0 bridgehead atoms. The Morgan fingerprint density at radius 2 is 1.68 bits per heavy atom. The van der Waals surface area contributed by atoms with Crippen molar-refractivity contribution in [3.8, 4) is 11.1 Å². The van der Waals surface area contributed by atoms with Crippen LogP contribution in [0.1, 0.15) is 50.9 Å². The summed E-state index contributed by atoms with van der Waals surface area (Å²) in [5.41, 5.74) is 3.86. The molecule has 0 saturated carbocycles. The molecule has 6 nitrogen and oxygen atoms in total. The number of amides is 1. The van der Waals surface area contributed by atoms with E-state index in [1.807, 2.05) is 49.6 Å². The van der Waals surface area contributed by atoms with Crippen LogP contribution >= 0.6 is 11.3 Å². The number of thiophene rings is 1. The first-order valence-corrected chi connectivity index (χ1v) is 11.1. The maximum atomic E-state index is 13.1. The van der Waals surface area contributed by atoms with E-state index < -0.39 is 23.8 Å². The highest BCUT2D eigenvalue weighted by Gasteiger charge is 2.38. The number of carboxylic acids is 1. The molecule has 1 aromatic carbocycles. The summed E-state index contributed by atoms with van der Waals surface area (Å²) >= 11 is 1.24. The van der Waals surface area contributed by atoms with Gasteiger partial charge >= 0.3 is 11.9 Å². The zero-order chi connectivity index (χ0) is 22.7. The number of carbonyl (C=O) groups excluding carboxylic acids is 2. The summed E-state index contributed by atoms with van der Waals surface area (Å²) in [6, 6.07) is 9.41. The number of hydrogen-bond donors (Lipinski definition) is 2. The molecular weight excluding hydrogens is 414 g/mol. The topological polar surface area (TPSA) is 92.7 Å². The van der Waals surface area contributed by atoms with E-state index >= 15 is 0 Å². The average molecular weight is 442 g/mol. The fraction of sp³-hybridized carbons (Fsp3) is 0.375. The van der Waals surface area contributed by atoms with E-state index in [1.54, 1.807) is 13.8 Å². The lowest BCUT2D eigenvalue weighted by molar-refractivity contribution is -0.146. The van der Waals surface area contributed by atoms with Crippen molar-refractivity contribution in [2.24, 2.45) is 11.8 Å². The predicted octanol–water partition coefficient (Wildman–Crippen LogP) is 5.37. The molecule has 2 N–H and O–H groups in total. The van der Waals surface area contributed by atoms with Crippen LogP contribution < -0.4 is 5.32 Å². The van der Waals surface area contributed by atoms with Crippen molar-refractivity contribution in [3.05, 3.63) is 52.4 Å². The van der Waals surface area contributed by atoms with Crippen molar-refractivity contribution >= 4 is 34.2 Å². The number of aliphatic carboxylic acids is 1. The molecule has 3 rings (SSSR count). The van der Waals surface area contributed by atoms with Crippen molar-refractivity contribution in [1.29, 1.82) is 0 Å². The normalized spacial score (nSPS) is 18.7. The van der Waals surface area contributed by atoms with E-state index in [0.717, 1.165) is 16.7 Å². The van der Waals surface area contributed by atoms with Gasteiger partial charge in [-0.3, -0.25) is 9.59 Å². The van der Waals surface area contributed by atoms with Gasteiger partial charge in [0.2, 0.25) is 5.91 Å². The van der Waals surface area contributed by atoms with Gasteiger partial charge in [-0.05, 0) is 46.1 Å². The van der Waals surface area contributed by atoms with Crippen LogP contribution in [0.4, 0.5) is 5.00 Å². The minimum absolute atomic E-state index is 0.296. The molecule has 0 radical (unpaired) electrons. The number of hydrogen-bond acceptors (Lipinski definition) is 5. The third kappa shape index (κ3) is 5.05. The molecule has 1 aliphatic carbocycles. The minimum atomic E-state index is -0.984. The van der Waals surface area contributed by atoms with Crippen molar-refractivity contribution in [2.75, 3.05) is 5.32 Å². The molecule has 1 aliphatic rings. The number of esters is 1. The molecule has 0 unspecified atom stereocenters. The molecule has 0 fully saturated rings. The van der Waals surface area contributed by atoms with Crippen LogP contribution in [0.3, 0.4) is 0 Å². The number of carboxylic acid groups (broad SMARTS) is 1. The summed E-state index contributed by atoms with van der Waals surface area (Å²) < 4.78 is 5.43. The second-order valence-corrected chi connectivity index (χ2v) is 9.06. The van der Waals surface area contributed by atoms with E-state index in [9.17, 15) is 19.5 Å². The Bertz CT molecular complexity index is 1020. The molecule has 2 aromatic rings. The molecule has 1 aromatic heterocycles. The summed E-state index contributed by atoms with van der Waals surface area (Å²) in [4.78, 5) is 37.8. The third-order valence-corrected chi connectivity index (χ3v) is 6.48. The van der Waals surface area contributed by atoms with E-state index in [1.165, 1.54) is 11.3 Å². The van der Waals surface area contributed by atoms with Crippen LogP contribution in [0.15, 0.2) is 46.9 Å². The van der Waals surface area contributed by atoms with Crippen molar-refractivity contribution < 1.29 is 24.2 Å². The molecular formula is C24H27NO5S. The van der Waals surface area contributed by atoms with Crippen LogP contribution in [0.25, 0.3) is 11.1 Å².